The van der Waals surface area contributed by atoms with Gasteiger partial charge in [-0.1, -0.05) is 0 Å². The van der Waals surface area contributed by atoms with E-state index < -0.39 is 4.92 Å². The summed E-state index contributed by atoms with van der Waals surface area (Å²) in [5.74, 6) is -0.316. The Kier molecular flexibility index (Phi) is 3.61. The maximum Gasteiger partial charge on any atom is 0.321 e. The number of nitrogens with zero attached hydrogens (tertiary/aromatic N) is 2. The molecule has 0 spiro atoms. The number of nitro groups is 1. The average molecular weight is 252 g/mol. The molecule has 18 heavy (non-hydrogen) atoms. The van der Waals surface area contributed by atoms with Gasteiger partial charge < -0.3 is 20.3 Å². The third-order valence-corrected chi connectivity index (χ3v) is 3.18. The van der Waals surface area contributed by atoms with Crippen LogP contribution >= 0.6 is 0 Å². The minimum Gasteiger partial charge on any atom is -0.358 e. The van der Waals surface area contributed by atoms with Crippen molar-refractivity contribution in [1.29, 1.82) is 0 Å². The third kappa shape index (κ3) is 2.35. The van der Waals surface area contributed by atoms with E-state index in [-0.39, 0.29) is 23.5 Å². The summed E-state index contributed by atoms with van der Waals surface area (Å²) in [6.45, 7) is 1.45. The fraction of sp³-hybridized carbons (Fsp3) is 0.545. The van der Waals surface area contributed by atoms with E-state index >= 15 is 0 Å². The Hall–Kier alpha value is -1.89. The second-order valence-corrected chi connectivity index (χ2v) is 4.37. The lowest BCUT2D eigenvalue weighted by atomic mass is 10.2. The Bertz CT molecular complexity index is 457. The molecule has 1 fully saturated rings. The van der Waals surface area contributed by atoms with Crippen LogP contribution < -0.4 is 5.32 Å². The summed E-state index contributed by atoms with van der Waals surface area (Å²) in [5, 5.41) is 13.6. The van der Waals surface area contributed by atoms with E-state index in [0.29, 0.717) is 6.54 Å². The first-order valence-electron chi connectivity index (χ1n) is 5.92. The van der Waals surface area contributed by atoms with E-state index in [1.165, 1.54) is 12.1 Å². The van der Waals surface area contributed by atoms with Crippen molar-refractivity contribution in [2.24, 2.45) is 0 Å². The summed E-state index contributed by atoms with van der Waals surface area (Å²) in [6.07, 6.45) is 1.94. The van der Waals surface area contributed by atoms with E-state index in [0.717, 1.165) is 19.4 Å². The minimum atomic E-state index is -0.536. The van der Waals surface area contributed by atoms with Crippen LogP contribution in [0.25, 0.3) is 0 Å². The Labute approximate surface area is 104 Å². The van der Waals surface area contributed by atoms with Crippen molar-refractivity contribution < 1.29 is 9.72 Å². The molecule has 2 rings (SSSR count). The van der Waals surface area contributed by atoms with Crippen LogP contribution in [0.5, 0.6) is 0 Å². The summed E-state index contributed by atoms with van der Waals surface area (Å²) in [4.78, 5) is 26.6. The molecule has 1 atom stereocenters. The van der Waals surface area contributed by atoms with E-state index in [1.807, 2.05) is 7.05 Å². The van der Waals surface area contributed by atoms with Gasteiger partial charge in [-0.25, -0.2) is 4.98 Å². The summed E-state index contributed by atoms with van der Waals surface area (Å²) in [7, 11) is 1.85. The van der Waals surface area contributed by atoms with Crippen molar-refractivity contribution in [1.82, 2.24) is 15.2 Å². The molecule has 0 aliphatic carbocycles. The van der Waals surface area contributed by atoms with Gasteiger partial charge in [-0.15, -0.1) is 0 Å². The quantitative estimate of drug-likeness (QED) is 0.611. The molecular formula is C11H16N4O3. The highest BCUT2D eigenvalue weighted by Gasteiger charge is 2.31. The molecule has 1 unspecified atom stereocenters. The number of H-pyrrole nitrogens is 1. The number of carbonyl (C=O) groups excluding carboxylic acids is 1. The van der Waals surface area contributed by atoms with Gasteiger partial charge in [-0.2, -0.15) is 0 Å². The molecule has 1 aromatic heterocycles. The van der Waals surface area contributed by atoms with Gasteiger partial charge >= 0.3 is 5.82 Å². The predicted octanol–water partition coefficient (Wildman–Crippen LogP) is 0.747. The molecule has 2 N–H and O–H groups in total. The van der Waals surface area contributed by atoms with Crippen molar-refractivity contribution in [3.05, 3.63) is 27.9 Å². The largest absolute Gasteiger partial charge is 0.358 e. The third-order valence-electron chi connectivity index (χ3n) is 3.18. The Morgan fingerprint density at radius 1 is 1.67 bits per heavy atom. The molecule has 1 aliphatic rings. The zero-order chi connectivity index (χ0) is 13.1. The zero-order valence-electron chi connectivity index (χ0n) is 10.2. The second-order valence-electron chi connectivity index (χ2n) is 4.37. The zero-order valence-corrected chi connectivity index (χ0v) is 10.2. The molecule has 7 nitrogen and oxygen atoms in total. The maximum atomic E-state index is 12.2. The number of carbonyl (C=O) groups is 1. The summed E-state index contributed by atoms with van der Waals surface area (Å²) >= 11 is 0. The lowest BCUT2D eigenvalue weighted by molar-refractivity contribution is -0.389. The molecule has 7 heteroatoms. The van der Waals surface area contributed by atoms with Gasteiger partial charge in [0, 0.05) is 25.2 Å². The molecule has 0 aromatic carbocycles. The minimum absolute atomic E-state index is 0.150. The molecule has 1 aromatic rings. The molecule has 1 aliphatic heterocycles. The molecule has 98 valence electrons. The maximum absolute atomic E-state index is 12.2. The lowest BCUT2D eigenvalue weighted by Crippen LogP contribution is -2.40. The number of hydrogen-bond donors (Lipinski definition) is 2. The number of amides is 1. The lowest BCUT2D eigenvalue weighted by Gasteiger charge is -2.23. The van der Waals surface area contributed by atoms with Crippen molar-refractivity contribution in [2.45, 2.75) is 18.9 Å². The summed E-state index contributed by atoms with van der Waals surface area (Å²) in [5.41, 5.74) is 0.282. The highest BCUT2D eigenvalue weighted by atomic mass is 16.6. The molecule has 1 amide bonds. The first-order chi connectivity index (χ1) is 8.63. The van der Waals surface area contributed by atoms with Gasteiger partial charge in [-0.05, 0) is 30.9 Å². The fourth-order valence-corrected chi connectivity index (χ4v) is 2.32. The topological polar surface area (TPSA) is 91.3 Å². The van der Waals surface area contributed by atoms with Gasteiger partial charge in [0.2, 0.25) is 0 Å². The van der Waals surface area contributed by atoms with Crippen molar-refractivity contribution in [3.8, 4) is 0 Å². The number of nitrogens with one attached hydrogen (secondary N) is 2. The second kappa shape index (κ2) is 5.18. The summed E-state index contributed by atoms with van der Waals surface area (Å²) < 4.78 is 0. The number of likely N-dealkylation sites (tertiary alicyclic amines) is 1. The molecule has 0 saturated carbocycles. The van der Waals surface area contributed by atoms with Gasteiger partial charge in [0.05, 0.1) is 0 Å². The first kappa shape index (κ1) is 12.6. The highest BCUT2D eigenvalue weighted by Crippen LogP contribution is 2.20. The van der Waals surface area contributed by atoms with Crippen molar-refractivity contribution in [3.63, 3.8) is 0 Å². The predicted molar refractivity (Wildman–Crippen MR) is 65.4 cm³/mol. The number of aromatic nitrogens is 1. The van der Waals surface area contributed by atoms with E-state index in [9.17, 15) is 14.9 Å². The van der Waals surface area contributed by atoms with E-state index in [4.69, 9.17) is 0 Å². The van der Waals surface area contributed by atoms with Crippen LogP contribution in [0, 0.1) is 10.1 Å². The van der Waals surface area contributed by atoms with Crippen LogP contribution in [0.2, 0.25) is 0 Å². The van der Waals surface area contributed by atoms with Crippen LogP contribution in [0.3, 0.4) is 0 Å². The van der Waals surface area contributed by atoms with Crippen LogP contribution in [0.15, 0.2) is 12.1 Å². The van der Waals surface area contributed by atoms with Gasteiger partial charge in [0.15, 0.2) is 5.69 Å². The monoisotopic (exact) mass is 252 g/mol. The van der Waals surface area contributed by atoms with Gasteiger partial charge in [0.25, 0.3) is 5.91 Å². The number of hydrogen-bond acceptors (Lipinski definition) is 4. The molecule has 2 heterocycles. The Morgan fingerprint density at radius 3 is 3.06 bits per heavy atom. The van der Waals surface area contributed by atoms with Crippen LogP contribution in [0.4, 0.5) is 5.82 Å². The summed E-state index contributed by atoms with van der Waals surface area (Å²) in [6, 6.07) is 2.95. The average Bonchev–Trinajstić information content (AvgIpc) is 2.97. The van der Waals surface area contributed by atoms with Crippen molar-refractivity contribution in [2.75, 3.05) is 20.1 Å². The number of aromatic amines is 1. The fourth-order valence-electron chi connectivity index (χ4n) is 2.32. The van der Waals surface area contributed by atoms with E-state index in [2.05, 4.69) is 10.3 Å². The molecule has 0 radical (unpaired) electrons. The normalized spacial score (nSPS) is 19.2. The molecule has 0 bridgehead atoms. The van der Waals surface area contributed by atoms with Crippen LogP contribution in [-0.4, -0.2) is 46.9 Å². The Morgan fingerprint density at radius 2 is 2.44 bits per heavy atom. The molecule has 1 saturated heterocycles. The Balaban J connectivity index is 2.12. The standard InChI is InChI=1S/C11H16N4O3/c1-12-7-8-3-2-6-14(8)11(16)9-4-5-10(13-9)15(17)18/h4-5,8,12-13H,2-3,6-7H2,1H3. The van der Waals surface area contributed by atoms with Crippen molar-refractivity contribution >= 4 is 11.7 Å². The smallest absolute Gasteiger partial charge is 0.321 e. The van der Waals surface area contributed by atoms with Gasteiger partial charge in [-0.3, -0.25) is 4.79 Å². The first-order valence-corrected chi connectivity index (χ1v) is 5.92. The van der Waals surface area contributed by atoms with E-state index in [1.54, 1.807) is 4.90 Å². The number of rotatable bonds is 4. The highest BCUT2D eigenvalue weighted by molar-refractivity contribution is 5.93. The van der Waals surface area contributed by atoms with Crippen LogP contribution in [-0.2, 0) is 0 Å². The van der Waals surface area contributed by atoms with Crippen LogP contribution in [0.1, 0.15) is 23.3 Å². The number of likely N-dealkylation sites (N-methyl/N-ethyl adjacent to an activating group) is 1. The molecular weight excluding hydrogens is 236 g/mol. The van der Waals surface area contributed by atoms with Gasteiger partial charge in [0.1, 0.15) is 0 Å². The SMILES string of the molecule is CNCC1CCCN1C(=O)c1ccc([N+](=O)[O-])[nH]1.